The Morgan fingerprint density at radius 2 is 2.16 bits per heavy atom. The topological polar surface area (TPSA) is 87.8 Å². The van der Waals surface area contributed by atoms with E-state index in [0.717, 1.165) is 21.3 Å². The maximum absolute atomic E-state index is 12.1. The van der Waals surface area contributed by atoms with E-state index in [-0.39, 0.29) is 11.6 Å². The van der Waals surface area contributed by atoms with E-state index in [0.29, 0.717) is 0 Å². The monoisotopic (exact) mass is 301 g/mol. The van der Waals surface area contributed by atoms with E-state index in [9.17, 15) is 13.2 Å². The number of hydrogen-bond donors (Lipinski definition) is 1. The fourth-order valence-electron chi connectivity index (χ4n) is 1.43. The van der Waals surface area contributed by atoms with Crippen molar-refractivity contribution in [2.24, 2.45) is 0 Å². The van der Waals surface area contributed by atoms with Crippen LogP contribution in [0.25, 0.3) is 0 Å². The molecule has 1 N–H and O–H groups in total. The SMILES string of the molecule is CN(Cc1cccs1)S(=O)(=O)c1ccc(C(=O)O)o1. The molecule has 0 aliphatic carbocycles. The van der Waals surface area contributed by atoms with Crippen molar-refractivity contribution in [1.29, 1.82) is 0 Å². The van der Waals surface area contributed by atoms with Gasteiger partial charge >= 0.3 is 5.97 Å². The number of rotatable bonds is 5. The number of thiophene rings is 1. The minimum absolute atomic E-state index is 0.211. The lowest BCUT2D eigenvalue weighted by Gasteiger charge is -2.14. The number of nitrogens with zero attached hydrogens (tertiary/aromatic N) is 1. The molecule has 0 unspecified atom stereocenters. The van der Waals surface area contributed by atoms with E-state index in [1.165, 1.54) is 18.4 Å². The zero-order chi connectivity index (χ0) is 14.0. The molecule has 6 nitrogen and oxygen atoms in total. The molecule has 0 aliphatic rings. The van der Waals surface area contributed by atoms with Crippen molar-refractivity contribution in [3.63, 3.8) is 0 Å². The van der Waals surface area contributed by atoms with Gasteiger partial charge in [-0.25, -0.2) is 13.2 Å². The maximum Gasteiger partial charge on any atom is 0.371 e. The van der Waals surface area contributed by atoms with Crippen molar-refractivity contribution in [1.82, 2.24) is 4.31 Å². The quantitative estimate of drug-likeness (QED) is 0.910. The number of furan rings is 1. The Balaban J connectivity index is 2.23. The van der Waals surface area contributed by atoms with Crippen LogP contribution in [-0.2, 0) is 16.6 Å². The van der Waals surface area contributed by atoms with Gasteiger partial charge in [0.1, 0.15) is 0 Å². The summed E-state index contributed by atoms with van der Waals surface area (Å²) < 4.78 is 30.2. The fourth-order valence-corrected chi connectivity index (χ4v) is 3.32. The highest BCUT2D eigenvalue weighted by molar-refractivity contribution is 7.88. The molecule has 0 aromatic carbocycles. The summed E-state index contributed by atoms with van der Waals surface area (Å²) in [4.78, 5) is 11.6. The summed E-state index contributed by atoms with van der Waals surface area (Å²) in [7, 11) is -2.40. The minimum atomic E-state index is -3.82. The molecule has 0 aliphatic heterocycles. The van der Waals surface area contributed by atoms with Crippen LogP contribution in [0.3, 0.4) is 0 Å². The second-order valence-corrected chi connectivity index (χ2v) is 6.77. The number of carboxylic acid groups (broad SMARTS) is 1. The molecule has 0 amide bonds. The highest BCUT2D eigenvalue weighted by Crippen LogP contribution is 2.20. The summed E-state index contributed by atoms with van der Waals surface area (Å²) in [5.74, 6) is -1.70. The largest absolute Gasteiger partial charge is 0.475 e. The highest BCUT2D eigenvalue weighted by atomic mass is 32.2. The van der Waals surface area contributed by atoms with Gasteiger partial charge in [0.25, 0.3) is 10.0 Å². The van der Waals surface area contributed by atoms with Crippen LogP contribution >= 0.6 is 11.3 Å². The first-order chi connectivity index (χ1) is 8.91. The molecule has 8 heteroatoms. The molecule has 0 saturated carbocycles. The predicted molar refractivity (Wildman–Crippen MR) is 68.6 cm³/mol. The zero-order valence-electron chi connectivity index (χ0n) is 9.94. The van der Waals surface area contributed by atoms with Gasteiger partial charge in [0.2, 0.25) is 10.9 Å². The summed E-state index contributed by atoms with van der Waals surface area (Å²) in [6.45, 7) is 0.211. The predicted octanol–water partition coefficient (Wildman–Crippen LogP) is 1.86. The molecule has 2 aromatic heterocycles. The lowest BCUT2D eigenvalue weighted by Crippen LogP contribution is -2.25. The number of carboxylic acids is 1. The van der Waals surface area contributed by atoms with Crippen molar-refractivity contribution >= 4 is 27.3 Å². The van der Waals surface area contributed by atoms with E-state index < -0.39 is 21.8 Å². The van der Waals surface area contributed by atoms with E-state index in [1.807, 2.05) is 17.5 Å². The molecule has 2 heterocycles. The van der Waals surface area contributed by atoms with Crippen LogP contribution < -0.4 is 0 Å². The lowest BCUT2D eigenvalue weighted by molar-refractivity contribution is 0.0656. The Morgan fingerprint density at radius 1 is 1.42 bits per heavy atom. The Bertz CT molecular complexity index is 672. The number of hydrogen-bond acceptors (Lipinski definition) is 5. The van der Waals surface area contributed by atoms with Gasteiger partial charge < -0.3 is 9.52 Å². The molecule has 0 fully saturated rings. The molecule has 0 saturated heterocycles. The summed E-state index contributed by atoms with van der Waals surface area (Å²) in [6, 6.07) is 5.91. The van der Waals surface area contributed by atoms with Crippen molar-refractivity contribution in [2.75, 3.05) is 7.05 Å². The van der Waals surface area contributed by atoms with E-state index in [4.69, 9.17) is 9.52 Å². The molecule has 0 radical (unpaired) electrons. The minimum Gasteiger partial charge on any atom is -0.475 e. The Labute approximate surface area is 113 Å². The van der Waals surface area contributed by atoms with E-state index >= 15 is 0 Å². The van der Waals surface area contributed by atoms with Crippen LogP contribution in [0.1, 0.15) is 15.4 Å². The van der Waals surface area contributed by atoms with Gasteiger partial charge in [0.15, 0.2) is 0 Å². The molecule has 102 valence electrons. The maximum atomic E-state index is 12.1. The van der Waals surface area contributed by atoms with Crippen LogP contribution in [-0.4, -0.2) is 30.8 Å². The first-order valence-corrected chi connectivity index (χ1v) is 7.55. The third-order valence-corrected chi connectivity index (χ3v) is 4.95. The number of sulfonamides is 1. The zero-order valence-corrected chi connectivity index (χ0v) is 11.6. The van der Waals surface area contributed by atoms with Crippen LogP contribution in [0.15, 0.2) is 39.2 Å². The summed E-state index contributed by atoms with van der Waals surface area (Å²) in [5.41, 5.74) is 0. The van der Waals surface area contributed by atoms with Crippen LogP contribution in [0, 0.1) is 0 Å². The summed E-state index contributed by atoms with van der Waals surface area (Å²) >= 11 is 1.44. The smallest absolute Gasteiger partial charge is 0.371 e. The van der Waals surface area contributed by atoms with Crippen molar-refractivity contribution < 1.29 is 22.7 Å². The molecule has 19 heavy (non-hydrogen) atoms. The molecule has 2 rings (SSSR count). The molecule has 2 aromatic rings. The van der Waals surface area contributed by atoms with Crippen LogP contribution in [0.2, 0.25) is 0 Å². The summed E-state index contributed by atoms with van der Waals surface area (Å²) in [6.07, 6.45) is 0. The van der Waals surface area contributed by atoms with Crippen molar-refractivity contribution in [2.45, 2.75) is 11.6 Å². The average molecular weight is 301 g/mol. The van der Waals surface area contributed by atoms with E-state index in [2.05, 4.69) is 0 Å². The van der Waals surface area contributed by atoms with Gasteiger partial charge in [-0.15, -0.1) is 11.3 Å². The van der Waals surface area contributed by atoms with E-state index in [1.54, 1.807) is 0 Å². The van der Waals surface area contributed by atoms with Gasteiger partial charge in [0.05, 0.1) is 0 Å². The second kappa shape index (κ2) is 5.16. The van der Waals surface area contributed by atoms with Crippen molar-refractivity contribution in [3.8, 4) is 0 Å². The Morgan fingerprint density at radius 3 is 2.68 bits per heavy atom. The Hall–Kier alpha value is -1.64. The van der Waals surface area contributed by atoms with Crippen molar-refractivity contribution in [3.05, 3.63) is 40.3 Å². The first kappa shape index (κ1) is 13.8. The normalized spacial score (nSPS) is 11.9. The van der Waals surface area contributed by atoms with Crippen LogP contribution in [0.5, 0.6) is 0 Å². The second-order valence-electron chi connectivity index (χ2n) is 3.76. The Kier molecular flexibility index (Phi) is 3.74. The lowest BCUT2D eigenvalue weighted by atomic mass is 10.5. The molecular formula is C11H11NO5S2. The number of carbonyl (C=O) groups is 1. The van der Waals surface area contributed by atoms with Gasteiger partial charge in [-0.2, -0.15) is 4.31 Å². The van der Waals surface area contributed by atoms with Gasteiger partial charge in [-0.1, -0.05) is 6.07 Å². The van der Waals surface area contributed by atoms with Gasteiger partial charge in [-0.05, 0) is 23.6 Å². The molecular weight excluding hydrogens is 290 g/mol. The number of aromatic carboxylic acids is 1. The third kappa shape index (κ3) is 2.86. The first-order valence-electron chi connectivity index (χ1n) is 5.23. The van der Waals surface area contributed by atoms with Gasteiger partial charge in [-0.3, -0.25) is 0 Å². The standard InChI is InChI=1S/C11H11NO5S2/c1-12(7-8-3-2-6-18-8)19(15,16)10-5-4-9(17-10)11(13)14/h2-6H,7H2,1H3,(H,13,14). The van der Waals surface area contributed by atoms with Gasteiger partial charge in [0, 0.05) is 18.5 Å². The highest BCUT2D eigenvalue weighted by Gasteiger charge is 2.26. The average Bonchev–Trinajstić information content (AvgIpc) is 2.99. The molecule has 0 atom stereocenters. The molecule has 0 bridgehead atoms. The molecule has 0 spiro atoms. The van der Waals surface area contributed by atoms with Crippen LogP contribution in [0.4, 0.5) is 0 Å². The fraction of sp³-hybridized carbons (Fsp3) is 0.182. The third-order valence-electron chi connectivity index (χ3n) is 2.42. The summed E-state index contributed by atoms with van der Waals surface area (Å²) in [5, 5.41) is 10.2.